The van der Waals surface area contributed by atoms with E-state index >= 15 is 0 Å². The highest BCUT2D eigenvalue weighted by atomic mass is 16.2. The van der Waals surface area contributed by atoms with Gasteiger partial charge in [0.15, 0.2) is 0 Å². The third kappa shape index (κ3) is 2.97. The molecule has 0 bridgehead atoms. The topological polar surface area (TPSA) is 101 Å². The van der Waals surface area contributed by atoms with Gasteiger partial charge in [-0.3, -0.25) is 9.88 Å². The Hall–Kier alpha value is -3.13. The largest absolute Gasteiger partial charge is 0.327 e. The average molecular weight is 363 g/mol. The molecule has 8 heteroatoms. The summed E-state index contributed by atoms with van der Waals surface area (Å²) in [6.07, 6.45) is 3.42. The van der Waals surface area contributed by atoms with Crippen LogP contribution in [0.2, 0.25) is 0 Å². The zero-order chi connectivity index (χ0) is 19.2. The summed E-state index contributed by atoms with van der Waals surface area (Å²) in [7, 11) is 1.79. The number of nitrogens with two attached hydrogens (primary N) is 1. The molecule has 1 saturated heterocycles. The van der Waals surface area contributed by atoms with Crippen molar-refractivity contribution in [3.8, 4) is 11.4 Å². The molecule has 4 rings (SSSR count). The molecule has 0 unspecified atom stereocenters. The van der Waals surface area contributed by atoms with E-state index in [1.54, 1.807) is 35.3 Å². The fourth-order valence-corrected chi connectivity index (χ4v) is 3.09. The van der Waals surface area contributed by atoms with Gasteiger partial charge >= 0.3 is 6.03 Å². The van der Waals surface area contributed by atoms with E-state index in [1.807, 2.05) is 32.0 Å². The van der Waals surface area contributed by atoms with Crippen LogP contribution in [-0.4, -0.2) is 50.0 Å². The van der Waals surface area contributed by atoms with Crippen LogP contribution in [0.15, 0.2) is 36.7 Å². The van der Waals surface area contributed by atoms with Gasteiger partial charge in [-0.2, -0.15) is 0 Å². The Bertz CT molecular complexity index is 1030. The number of hydrogen-bond acceptors (Lipinski definition) is 6. The Balaban J connectivity index is 1.73. The summed E-state index contributed by atoms with van der Waals surface area (Å²) in [5.74, 6) is 0.384. The van der Waals surface area contributed by atoms with E-state index in [-0.39, 0.29) is 11.6 Å². The van der Waals surface area contributed by atoms with E-state index in [4.69, 9.17) is 5.73 Å². The minimum Gasteiger partial charge on any atom is -0.325 e. The lowest BCUT2D eigenvalue weighted by atomic mass is 10.1. The summed E-state index contributed by atoms with van der Waals surface area (Å²) in [5, 5.41) is 0.934. The number of carbonyl (C=O) groups is 1. The molecule has 138 valence electrons. The smallest absolute Gasteiger partial charge is 0.325 e. The third-order valence-corrected chi connectivity index (χ3v) is 4.96. The fraction of sp³-hybridized carbons (Fsp3) is 0.316. The van der Waals surface area contributed by atoms with Crippen LogP contribution in [-0.2, 0) is 6.54 Å². The molecule has 3 aromatic heterocycles. The quantitative estimate of drug-likeness (QED) is 0.765. The summed E-state index contributed by atoms with van der Waals surface area (Å²) in [4.78, 5) is 33.7. The Morgan fingerprint density at radius 2 is 1.93 bits per heavy atom. The first kappa shape index (κ1) is 17.3. The molecular formula is C19H21N7O. The molecule has 4 heterocycles. The van der Waals surface area contributed by atoms with Crippen molar-refractivity contribution in [2.75, 3.05) is 18.5 Å². The minimum absolute atomic E-state index is 0.109. The number of urea groups is 1. The molecule has 2 amide bonds. The standard InChI is InChI=1S/C19H21N7O/c1-19(2)11-26(18(27)25(19)3)17-21-7-6-15(24-17)14-5-4-12-10-22-13(9-20)8-16(12)23-14/h4-8,10H,9,11,20H2,1-3H3. The van der Waals surface area contributed by atoms with E-state index in [1.165, 1.54) is 0 Å². The van der Waals surface area contributed by atoms with Crippen LogP contribution in [0.1, 0.15) is 19.5 Å². The summed E-state index contributed by atoms with van der Waals surface area (Å²) in [6.45, 7) is 4.92. The molecule has 2 N–H and O–H groups in total. The van der Waals surface area contributed by atoms with Crippen molar-refractivity contribution in [1.82, 2.24) is 24.8 Å². The first-order valence-corrected chi connectivity index (χ1v) is 8.73. The maximum atomic E-state index is 12.6. The second kappa shape index (κ2) is 6.24. The van der Waals surface area contributed by atoms with Crippen LogP contribution >= 0.6 is 0 Å². The molecule has 0 atom stereocenters. The number of pyridine rings is 2. The van der Waals surface area contributed by atoms with E-state index in [0.29, 0.717) is 30.4 Å². The molecule has 1 aliphatic rings. The number of anilines is 1. The first-order chi connectivity index (χ1) is 12.9. The predicted molar refractivity (Wildman–Crippen MR) is 103 cm³/mol. The molecule has 0 aromatic carbocycles. The highest BCUT2D eigenvalue weighted by Crippen LogP contribution is 2.28. The van der Waals surface area contributed by atoms with Gasteiger partial charge in [0, 0.05) is 31.4 Å². The normalized spacial score (nSPS) is 16.4. The number of hydrogen-bond donors (Lipinski definition) is 1. The van der Waals surface area contributed by atoms with Crippen molar-refractivity contribution in [1.29, 1.82) is 0 Å². The number of nitrogens with zero attached hydrogens (tertiary/aromatic N) is 6. The predicted octanol–water partition coefficient (Wildman–Crippen LogP) is 2.20. The van der Waals surface area contributed by atoms with Crippen LogP contribution in [0.3, 0.4) is 0 Å². The Morgan fingerprint density at radius 3 is 2.63 bits per heavy atom. The molecule has 0 saturated carbocycles. The molecule has 0 spiro atoms. The second-order valence-electron chi connectivity index (χ2n) is 7.25. The van der Waals surface area contributed by atoms with Crippen LogP contribution in [0.5, 0.6) is 0 Å². The molecule has 1 fully saturated rings. The van der Waals surface area contributed by atoms with Crippen molar-refractivity contribution >= 4 is 22.9 Å². The van der Waals surface area contributed by atoms with Gasteiger partial charge in [0.05, 0.1) is 34.7 Å². The van der Waals surface area contributed by atoms with Crippen LogP contribution in [0.25, 0.3) is 22.3 Å². The van der Waals surface area contributed by atoms with Gasteiger partial charge < -0.3 is 10.6 Å². The Kier molecular flexibility index (Phi) is 4.00. The number of fused-ring (bicyclic) bond motifs is 1. The molecule has 0 aliphatic carbocycles. The maximum absolute atomic E-state index is 12.6. The third-order valence-electron chi connectivity index (χ3n) is 4.96. The average Bonchev–Trinajstić information content (AvgIpc) is 2.90. The first-order valence-electron chi connectivity index (χ1n) is 8.73. The number of aromatic nitrogens is 4. The lowest BCUT2D eigenvalue weighted by Crippen LogP contribution is -2.38. The molecular weight excluding hydrogens is 342 g/mol. The zero-order valence-corrected chi connectivity index (χ0v) is 15.5. The van der Waals surface area contributed by atoms with E-state index in [9.17, 15) is 4.79 Å². The Morgan fingerprint density at radius 1 is 1.15 bits per heavy atom. The van der Waals surface area contributed by atoms with Crippen LogP contribution in [0.4, 0.5) is 10.7 Å². The molecule has 27 heavy (non-hydrogen) atoms. The molecule has 0 radical (unpaired) electrons. The lowest BCUT2D eigenvalue weighted by Gasteiger charge is -2.24. The lowest BCUT2D eigenvalue weighted by molar-refractivity contribution is 0.198. The van der Waals surface area contributed by atoms with E-state index in [0.717, 1.165) is 16.6 Å². The summed E-state index contributed by atoms with van der Waals surface area (Å²) >= 11 is 0. The van der Waals surface area contributed by atoms with Gasteiger partial charge in [0.1, 0.15) is 0 Å². The monoisotopic (exact) mass is 363 g/mol. The zero-order valence-electron chi connectivity index (χ0n) is 15.5. The number of carbonyl (C=O) groups excluding carboxylic acids is 1. The highest BCUT2D eigenvalue weighted by molar-refractivity contribution is 5.93. The second-order valence-corrected chi connectivity index (χ2v) is 7.25. The van der Waals surface area contributed by atoms with Crippen LogP contribution < -0.4 is 10.6 Å². The van der Waals surface area contributed by atoms with Crippen molar-refractivity contribution in [3.05, 3.63) is 42.4 Å². The Labute approximate surface area is 157 Å². The van der Waals surface area contributed by atoms with Gasteiger partial charge in [0.2, 0.25) is 5.95 Å². The van der Waals surface area contributed by atoms with E-state index in [2.05, 4.69) is 19.9 Å². The maximum Gasteiger partial charge on any atom is 0.327 e. The van der Waals surface area contributed by atoms with Crippen molar-refractivity contribution < 1.29 is 4.79 Å². The van der Waals surface area contributed by atoms with Crippen molar-refractivity contribution in [3.63, 3.8) is 0 Å². The minimum atomic E-state index is -0.275. The van der Waals surface area contributed by atoms with Gasteiger partial charge in [-0.05, 0) is 38.1 Å². The summed E-state index contributed by atoms with van der Waals surface area (Å²) in [5.41, 5.74) is 8.35. The van der Waals surface area contributed by atoms with Gasteiger partial charge in [-0.1, -0.05) is 0 Å². The van der Waals surface area contributed by atoms with Crippen LogP contribution in [0, 0.1) is 0 Å². The molecule has 3 aromatic rings. The number of likely N-dealkylation sites (N-methyl/N-ethyl adjacent to an activating group) is 1. The van der Waals surface area contributed by atoms with Gasteiger partial charge in [-0.15, -0.1) is 0 Å². The fourth-order valence-electron chi connectivity index (χ4n) is 3.09. The van der Waals surface area contributed by atoms with Gasteiger partial charge in [0.25, 0.3) is 0 Å². The summed E-state index contributed by atoms with van der Waals surface area (Å²) < 4.78 is 0. The highest BCUT2D eigenvalue weighted by Gasteiger charge is 2.42. The van der Waals surface area contributed by atoms with E-state index < -0.39 is 0 Å². The SMILES string of the molecule is CN1C(=O)N(c2nccc(-c3ccc4cnc(CN)cc4n3)n2)CC1(C)C. The molecule has 8 nitrogen and oxygen atoms in total. The van der Waals surface area contributed by atoms with Crippen molar-refractivity contribution in [2.45, 2.75) is 25.9 Å². The number of rotatable bonds is 3. The summed E-state index contributed by atoms with van der Waals surface area (Å²) in [6, 6.07) is 7.40. The van der Waals surface area contributed by atoms with Crippen molar-refractivity contribution in [2.24, 2.45) is 5.73 Å². The molecule has 1 aliphatic heterocycles. The van der Waals surface area contributed by atoms with Gasteiger partial charge in [-0.25, -0.2) is 19.7 Å². The number of amides is 2.